The monoisotopic (exact) mass is 420 g/mol. The average molecular weight is 421 g/mol. The summed E-state index contributed by atoms with van der Waals surface area (Å²) in [6, 6.07) is 8.10. The summed E-state index contributed by atoms with van der Waals surface area (Å²) < 4.78 is 27.8. The van der Waals surface area contributed by atoms with Gasteiger partial charge in [-0.25, -0.2) is 18.1 Å². The highest BCUT2D eigenvalue weighted by molar-refractivity contribution is 7.89. The van der Waals surface area contributed by atoms with E-state index in [0.29, 0.717) is 17.0 Å². The minimum atomic E-state index is -3.51. The van der Waals surface area contributed by atoms with Gasteiger partial charge in [0, 0.05) is 29.4 Å². The van der Waals surface area contributed by atoms with Crippen molar-refractivity contribution in [2.45, 2.75) is 31.7 Å². The Bertz CT molecular complexity index is 1220. The molecule has 2 aromatic heterocycles. The Balaban J connectivity index is 2.05. The summed E-state index contributed by atoms with van der Waals surface area (Å²) >= 11 is 6.06. The fourth-order valence-electron chi connectivity index (χ4n) is 2.98. The third kappa shape index (κ3) is 3.76. The van der Waals surface area contributed by atoms with Crippen LogP contribution < -0.4 is 15.6 Å². The van der Waals surface area contributed by atoms with Gasteiger partial charge in [0.25, 0.3) is 5.56 Å². The Morgan fingerprint density at radius 3 is 2.50 bits per heavy atom. The van der Waals surface area contributed by atoms with E-state index < -0.39 is 10.0 Å². The lowest BCUT2D eigenvalue weighted by atomic mass is 10.2. The Kier molecular flexibility index (Phi) is 5.47. The quantitative estimate of drug-likeness (QED) is 0.657. The molecule has 9 heteroatoms. The largest absolute Gasteiger partial charge is 0.340 e. The van der Waals surface area contributed by atoms with Gasteiger partial charge in [-0.1, -0.05) is 11.6 Å². The van der Waals surface area contributed by atoms with Crippen LogP contribution in [0.15, 0.2) is 46.2 Å². The number of halogens is 1. The number of sulfonamides is 1. The second kappa shape index (κ2) is 7.54. The van der Waals surface area contributed by atoms with Crippen molar-refractivity contribution in [3.63, 3.8) is 0 Å². The van der Waals surface area contributed by atoms with Gasteiger partial charge in [-0.15, -0.1) is 0 Å². The number of nitrogens with zero attached hydrogens (tertiary/aromatic N) is 2. The first-order chi connectivity index (χ1) is 13.1. The van der Waals surface area contributed by atoms with Crippen molar-refractivity contribution >= 4 is 44.0 Å². The summed E-state index contributed by atoms with van der Waals surface area (Å²) in [5.41, 5.74) is 1.93. The molecule has 0 bridgehead atoms. The van der Waals surface area contributed by atoms with Crippen LogP contribution in [0.5, 0.6) is 0 Å². The zero-order valence-electron chi connectivity index (χ0n) is 15.9. The summed E-state index contributed by atoms with van der Waals surface area (Å²) in [6.45, 7) is 5.63. The number of anilines is 2. The lowest BCUT2D eigenvalue weighted by Gasteiger charge is -2.16. The van der Waals surface area contributed by atoms with Crippen molar-refractivity contribution in [3.8, 4) is 0 Å². The highest BCUT2D eigenvalue weighted by Gasteiger charge is 2.14. The van der Waals surface area contributed by atoms with E-state index in [9.17, 15) is 13.2 Å². The molecule has 3 aromatic rings. The smallest absolute Gasteiger partial charge is 0.270 e. The molecule has 0 radical (unpaired) electrons. The predicted octanol–water partition coefficient (Wildman–Crippen LogP) is 3.59. The van der Waals surface area contributed by atoms with Gasteiger partial charge in [0.2, 0.25) is 10.0 Å². The van der Waals surface area contributed by atoms with Gasteiger partial charge < -0.3 is 9.88 Å². The fourth-order valence-corrected chi connectivity index (χ4v) is 4.00. The van der Waals surface area contributed by atoms with Gasteiger partial charge in [0.05, 0.1) is 10.4 Å². The zero-order valence-corrected chi connectivity index (χ0v) is 17.5. The average Bonchev–Trinajstić information content (AvgIpc) is 2.64. The van der Waals surface area contributed by atoms with Crippen molar-refractivity contribution < 1.29 is 8.42 Å². The van der Waals surface area contributed by atoms with Crippen molar-refractivity contribution in [1.29, 1.82) is 0 Å². The second-order valence-electron chi connectivity index (χ2n) is 6.70. The van der Waals surface area contributed by atoms with E-state index in [-0.39, 0.29) is 21.5 Å². The van der Waals surface area contributed by atoms with Crippen LogP contribution in [0.3, 0.4) is 0 Å². The van der Waals surface area contributed by atoms with E-state index in [1.54, 1.807) is 35.0 Å². The van der Waals surface area contributed by atoms with Crippen molar-refractivity contribution in [2.24, 2.45) is 0 Å². The van der Waals surface area contributed by atoms with E-state index in [2.05, 4.69) is 15.0 Å². The van der Waals surface area contributed by atoms with Crippen LogP contribution >= 0.6 is 11.6 Å². The molecule has 0 aliphatic heterocycles. The van der Waals surface area contributed by atoms with Crippen LogP contribution in [-0.2, 0) is 10.0 Å². The first kappa shape index (κ1) is 20.3. The minimum Gasteiger partial charge on any atom is -0.340 e. The molecule has 0 aliphatic carbocycles. The van der Waals surface area contributed by atoms with Gasteiger partial charge in [0.15, 0.2) is 0 Å². The van der Waals surface area contributed by atoms with Gasteiger partial charge in [-0.2, -0.15) is 0 Å². The first-order valence-corrected chi connectivity index (χ1v) is 10.5. The molecule has 7 nitrogen and oxygen atoms in total. The second-order valence-corrected chi connectivity index (χ2v) is 8.99. The summed E-state index contributed by atoms with van der Waals surface area (Å²) in [4.78, 5) is 17.0. The fraction of sp³-hybridized carbons (Fsp3) is 0.263. The molecule has 2 heterocycles. The molecule has 148 valence electrons. The van der Waals surface area contributed by atoms with Crippen LogP contribution in [0.1, 0.15) is 25.5 Å². The summed E-state index contributed by atoms with van der Waals surface area (Å²) in [7, 11) is -2.14. The third-order valence-electron chi connectivity index (χ3n) is 4.43. The number of rotatable bonds is 5. The van der Waals surface area contributed by atoms with Gasteiger partial charge in [-0.05, 0) is 57.6 Å². The Labute approximate surface area is 168 Å². The van der Waals surface area contributed by atoms with Gasteiger partial charge in [-0.3, -0.25) is 4.79 Å². The number of aromatic nitrogens is 2. The van der Waals surface area contributed by atoms with Crippen LogP contribution in [0.2, 0.25) is 5.02 Å². The van der Waals surface area contributed by atoms with E-state index >= 15 is 0 Å². The van der Waals surface area contributed by atoms with Crippen molar-refractivity contribution in [1.82, 2.24) is 14.3 Å². The van der Waals surface area contributed by atoms with E-state index in [4.69, 9.17) is 11.6 Å². The topological polar surface area (TPSA) is 93.1 Å². The molecule has 0 aliphatic rings. The zero-order chi connectivity index (χ0) is 20.6. The highest BCUT2D eigenvalue weighted by atomic mass is 35.5. The number of nitrogens with one attached hydrogen (secondary N) is 2. The van der Waals surface area contributed by atoms with Gasteiger partial charge >= 0.3 is 0 Å². The third-order valence-corrected chi connectivity index (χ3v) is 6.12. The molecule has 0 atom stereocenters. The SMILES string of the molecule is CNS(=O)(=O)c1ccc(Nc2cc3c(cn2)cc(Cl)c(=O)n3C(C)C)c(C)c1. The lowest BCUT2D eigenvalue weighted by molar-refractivity contribution is 0.588. The van der Waals surface area contributed by atoms with Crippen LogP contribution in [0.25, 0.3) is 10.9 Å². The minimum absolute atomic E-state index is 0.0725. The molecule has 0 amide bonds. The molecule has 2 N–H and O–H groups in total. The normalized spacial score (nSPS) is 11.9. The predicted molar refractivity (Wildman–Crippen MR) is 112 cm³/mol. The molecule has 0 spiro atoms. The Morgan fingerprint density at radius 2 is 1.89 bits per heavy atom. The van der Waals surface area contributed by atoms with E-state index in [1.807, 2.05) is 20.8 Å². The number of hydrogen-bond acceptors (Lipinski definition) is 5. The van der Waals surface area contributed by atoms with E-state index in [1.165, 1.54) is 13.1 Å². The van der Waals surface area contributed by atoms with Crippen LogP contribution in [-0.4, -0.2) is 25.0 Å². The van der Waals surface area contributed by atoms with Crippen LogP contribution in [0.4, 0.5) is 11.5 Å². The number of aryl methyl sites for hydroxylation is 1. The molecule has 3 rings (SSSR count). The lowest BCUT2D eigenvalue weighted by Crippen LogP contribution is -2.22. The summed E-state index contributed by atoms with van der Waals surface area (Å²) in [5.74, 6) is 0.538. The Hall–Kier alpha value is -2.42. The van der Waals surface area contributed by atoms with Crippen LogP contribution in [0, 0.1) is 6.92 Å². The number of benzene rings is 1. The molecule has 0 saturated heterocycles. The molecular formula is C19H21ClN4O3S. The maximum atomic E-state index is 12.4. The summed E-state index contributed by atoms with van der Waals surface area (Å²) in [6.07, 6.45) is 1.65. The molecular weight excluding hydrogens is 400 g/mol. The summed E-state index contributed by atoms with van der Waals surface area (Å²) in [5, 5.41) is 4.10. The molecule has 0 saturated carbocycles. The van der Waals surface area contributed by atoms with Crippen molar-refractivity contribution in [3.05, 3.63) is 57.5 Å². The molecule has 1 aromatic carbocycles. The van der Waals surface area contributed by atoms with Gasteiger partial charge in [0.1, 0.15) is 10.8 Å². The van der Waals surface area contributed by atoms with Crippen molar-refractivity contribution in [2.75, 3.05) is 12.4 Å². The van der Waals surface area contributed by atoms with E-state index in [0.717, 1.165) is 10.9 Å². The highest BCUT2D eigenvalue weighted by Crippen LogP contribution is 2.26. The number of hydrogen-bond donors (Lipinski definition) is 2. The maximum absolute atomic E-state index is 12.4. The maximum Gasteiger partial charge on any atom is 0.270 e. The molecule has 0 fully saturated rings. The number of pyridine rings is 2. The standard InChI is InChI=1S/C19H21ClN4O3S/c1-11(2)24-17-9-18(22-10-13(17)8-15(20)19(24)25)23-16-6-5-14(7-12(16)3)28(26,27)21-4/h5-11,21H,1-4H3,(H,22,23). The Morgan fingerprint density at radius 1 is 1.18 bits per heavy atom. The molecule has 0 unspecified atom stereocenters. The first-order valence-electron chi connectivity index (χ1n) is 8.66. The number of fused-ring (bicyclic) bond motifs is 1. The molecule has 28 heavy (non-hydrogen) atoms.